The third-order valence-electron chi connectivity index (χ3n) is 3.51. The van der Waals surface area contributed by atoms with Crippen molar-refractivity contribution in [2.75, 3.05) is 12.4 Å². The summed E-state index contributed by atoms with van der Waals surface area (Å²) in [5.41, 5.74) is 0.339. The molecule has 1 aliphatic rings. The quantitative estimate of drug-likeness (QED) is 0.902. The summed E-state index contributed by atoms with van der Waals surface area (Å²) in [6.45, 7) is 0.579. The van der Waals surface area contributed by atoms with Crippen LogP contribution in [0.1, 0.15) is 12.2 Å². The van der Waals surface area contributed by atoms with E-state index in [1.165, 1.54) is 25.6 Å². The number of halogens is 1. The number of nitrogens with one attached hydrogen (secondary N) is 2. The van der Waals surface area contributed by atoms with Gasteiger partial charge in [-0.1, -0.05) is 0 Å². The summed E-state index contributed by atoms with van der Waals surface area (Å²) in [4.78, 5) is 16.1. The van der Waals surface area contributed by atoms with Crippen molar-refractivity contribution in [3.8, 4) is 5.75 Å². The molecule has 2 N–H and O–H groups in total. The topological polar surface area (TPSA) is 81.1 Å². The van der Waals surface area contributed by atoms with Gasteiger partial charge in [-0.3, -0.25) is 0 Å². The summed E-state index contributed by atoms with van der Waals surface area (Å²) in [6, 6.07) is 3.61. The molecule has 1 atom stereocenters. The van der Waals surface area contributed by atoms with Gasteiger partial charge in [-0.25, -0.2) is 18.9 Å². The number of ether oxygens (including phenoxy) is 1. The molecule has 7 nitrogen and oxygen atoms in total. The lowest BCUT2D eigenvalue weighted by atomic mass is 10.1. The molecule has 0 fully saturated rings. The lowest BCUT2D eigenvalue weighted by molar-refractivity contribution is 0.243. The molecule has 8 heteroatoms. The summed E-state index contributed by atoms with van der Waals surface area (Å²) in [5.74, 6) is 0.799. The Morgan fingerprint density at radius 2 is 2.32 bits per heavy atom. The fourth-order valence-electron chi connectivity index (χ4n) is 2.46. The zero-order chi connectivity index (χ0) is 15.5. The van der Waals surface area contributed by atoms with E-state index in [4.69, 9.17) is 4.74 Å². The molecule has 0 aliphatic carbocycles. The van der Waals surface area contributed by atoms with Crippen LogP contribution in [0.15, 0.2) is 24.5 Å². The van der Waals surface area contributed by atoms with Gasteiger partial charge in [0.05, 0.1) is 19.7 Å². The number of carbonyl (C=O) groups is 1. The predicted molar refractivity (Wildman–Crippen MR) is 77.2 cm³/mol. The number of nitrogens with zero attached hydrogens (tertiary/aromatic N) is 3. The molecule has 22 heavy (non-hydrogen) atoms. The highest BCUT2D eigenvalue weighted by Gasteiger charge is 2.21. The van der Waals surface area contributed by atoms with Crippen molar-refractivity contribution in [3.05, 3.63) is 36.2 Å². The number of aryl methyl sites for hydroxylation is 1. The fourth-order valence-corrected chi connectivity index (χ4v) is 2.46. The number of hydrogen-bond donors (Lipinski definition) is 2. The van der Waals surface area contributed by atoms with Crippen LogP contribution in [0.2, 0.25) is 0 Å². The van der Waals surface area contributed by atoms with E-state index in [0.717, 1.165) is 18.7 Å². The Morgan fingerprint density at radius 3 is 3.14 bits per heavy atom. The Hall–Kier alpha value is -2.64. The van der Waals surface area contributed by atoms with Gasteiger partial charge in [0.2, 0.25) is 0 Å². The molecule has 2 aromatic rings. The van der Waals surface area contributed by atoms with Gasteiger partial charge >= 0.3 is 6.03 Å². The zero-order valence-corrected chi connectivity index (χ0v) is 12.0. The van der Waals surface area contributed by atoms with Crippen LogP contribution in [0.5, 0.6) is 5.75 Å². The minimum Gasteiger partial charge on any atom is -0.497 e. The SMILES string of the molecule is COc1cc(F)cc(NC(=O)N[C@H]2CCc3ncnn3C2)c1. The van der Waals surface area contributed by atoms with Gasteiger partial charge < -0.3 is 15.4 Å². The van der Waals surface area contributed by atoms with Crippen molar-refractivity contribution in [1.82, 2.24) is 20.1 Å². The zero-order valence-electron chi connectivity index (χ0n) is 12.0. The minimum atomic E-state index is -0.473. The second-order valence-corrected chi connectivity index (χ2v) is 5.07. The summed E-state index contributed by atoms with van der Waals surface area (Å²) in [7, 11) is 1.44. The number of fused-ring (bicyclic) bond motifs is 1. The molecule has 2 amide bonds. The lowest BCUT2D eigenvalue weighted by Crippen LogP contribution is -2.43. The smallest absolute Gasteiger partial charge is 0.319 e. The third-order valence-corrected chi connectivity index (χ3v) is 3.51. The van der Waals surface area contributed by atoms with Crippen LogP contribution in [-0.2, 0) is 13.0 Å². The molecule has 116 valence electrons. The van der Waals surface area contributed by atoms with E-state index in [-0.39, 0.29) is 12.1 Å². The molecule has 3 rings (SSSR count). The van der Waals surface area contributed by atoms with Gasteiger partial charge in [0.1, 0.15) is 23.7 Å². The Labute approximate surface area is 126 Å². The molecular weight excluding hydrogens is 289 g/mol. The van der Waals surface area contributed by atoms with E-state index in [1.54, 1.807) is 10.7 Å². The first-order valence-electron chi connectivity index (χ1n) is 6.93. The first-order chi connectivity index (χ1) is 10.6. The average molecular weight is 305 g/mol. The van der Waals surface area contributed by atoms with Gasteiger partial charge in [0.15, 0.2) is 0 Å². The molecule has 1 aliphatic heterocycles. The largest absolute Gasteiger partial charge is 0.497 e. The van der Waals surface area contributed by atoms with Crippen LogP contribution in [0.4, 0.5) is 14.9 Å². The van der Waals surface area contributed by atoms with Gasteiger partial charge in [0, 0.05) is 24.2 Å². The Bertz CT molecular complexity index is 688. The molecule has 0 saturated carbocycles. The van der Waals surface area contributed by atoms with Crippen molar-refractivity contribution in [1.29, 1.82) is 0 Å². The molecule has 2 heterocycles. The number of amides is 2. The van der Waals surface area contributed by atoms with Crippen LogP contribution in [0.25, 0.3) is 0 Å². The summed E-state index contributed by atoms with van der Waals surface area (Å²) in [6.07, 6.45) is 3.06. The molecular formula is C14H16FN5O2. The molecule has 0 bridgehead atoms. The second kappa shape index (κ2) is 6.00. The summed E-state index contributed by atoms with van der Waals surface area (Å²) in [5, 5.41) is 9.56. The van der Waals surface area contributed by atoms with Crippen LogP contribution < -0.4 is 15.4 Å². The average Bonchev–Trinajstić information content (AvgIpc) is 2.93. The fraction of sp³-hybridized carbons (Fsp3) is 0.357. The lowest BCUT2D eigenvalue weighted by Gasteiger charge is -2.23. The molecule has 1 aromatic heterocycles. The normalized spacial score (nSPS) is 16.7. The van der Waals surface area contributed by atoms with Crippen LogP contribution in [0, 0.1) is 5.82 Å². The minimum absolute atomic E-state index is 0.0374. The number of aromatic nitrogens is 3. The van der Waals surface area contributed by atoms with E-state index in [9.17, 15) is 9.18 Å². The number of benzene rings is 1. The van der Waals surface area contributed by atoms with Crippen molar-refractivity contribution in [2.24, 2.45) is 0 Å². The Kier molecular flexibility index (Phi) is 3.90. The van der Waals surface area contributed by atoms with E-state index in [2.05, 4.69) is 20.7 Å². The highest BCUT2D eigenvalue weighted by atomic mass is 19.1. The van der Waals surface area contributed by atoms with E-state index in [1.807, 2.05) is 0 Å². The van der Waals surface area contributed by atoms with Gasteiger partial charge in [0.25, 0.3) is 0 Å². The van der Waals surface area contributed by atoms with Crippen LogP contribution in [-0.4, -0.2) is 33.9 Å². The van der Waals surface area contributed by atoms with Crippen molar-refractivity contribution in [2.45, 2.75) is 25.4 Å². The first kappa shape index (κ1) is 14.3. The van der Waals surface area contributed by atoms with E-state index >= 15 is 0 Å². The Balaban J connectivity index is 1.60. The number of carbonyl (C=O) groups excluding carboxylic acids is 1. The molecule has 0 spiro atoms. The van der Waals surface area contributed by atoms with E-state index < -0.39 is 5.82 Å². The predicted octanol–water partition coefficient (Wildman–Crippen LogP) is 1.56. The van der Waals surface area contributed by atoms with Gasteiger partial charge in [-0.2, -0.15) is 5.10 Å². The number of hydrogen-bond acceptors (Lipinski definition) is 4. The highest BCUT2D eigenvalue weighted by Crippen LogP contribution is 2.20. The van der Waals surface area contributed by atoms with Gasteiger partial charge in [-0.15, -0.1) is 0 Å². The maximum Gasteiger partial charge on any atom is 0.319 e. The van der Waals surface area contributed by atoms with Crippen LogP contribution >= 0.6 is 0 Å². The Morgan fingerprint density at radius 1 is 1.45 bits per heavy atom. The van der Waals surface area contributed by atoms with E-state index in [0.29, 0.717) is 18.0 Å². The third kappa shape index (κ3) is 3.16. The summed E-state index contributed by atoms with van der Waals surface area (Å²) < 4.78 is 20.1. The maximum atomic E-state index is 13.4. The van der Waals surface area contributed by atoms with Crippen molar-refractivity contribution >= 4 is 11.7 Å². The highest BCUT2D eigenvalue weighted by molar-refractivity contribution is 5.89. The van der Waals surface area contributed by atoms with Crippen LogP contribution in [0.3, 0.4) is 0 Å². The molecule has 0 radical (unpaired) electrons. The standard InChI is InChI=1S/C14H16FN5O2/c1-22-12-5-9(15)4-11(6-12)19-14(21)18-10-2-3-13-16-8-17-20(13)7-10/h4-6,8,10H,2-3,7H2,1H3,(H2,18,19,21)/t10-/m0/s1. The summed E-state index contributed by atoms with van der Waals surface area (Å²) >= 11 is 0. The van der Waals surface area contributed by atoms with Crippen molar-refractivity contribution in [3.63, 3.8) is 0 Å². The second-order valence-electron chi connectivity index (χ2n) is 5.07. The first-order valence-corrected chi connectivity index (χ1v) is 6.93. The maximum absolute atomic E-state index is 13.4. The monoisotopic (exact) mass is 305 g/mol. The number of urea groups is 1. The number of anilines is 1. The molecule has 0 unspecified atom stereocenters. The number of rotatable bonds is 3. The van der Waals surface area contributed by atoms with Gasteiger partial charge in [-0.05, 0) is 12.5 Å². The van der Waals surface area contributed by atoms with Crippen molar-refractivity contribution < 1.29 is 13.9 Å². The molecule has 0 saturated heterocycles. The molecule has 1 aromatic carbocycles. The number of methoxy groups -OCH3 is 1.